The number of allylic oxidation sites excluding steroid dienone is 2. The Kier molecular flexibility index (Phi) is 8.09. The van der Waals surface area contributed by atoms with E-state index in [1.807, 2.05) is 6.92 Å². The molecule has 0 aromatic carbocycles. The first-order valence-corrected chi connectivity index (χ1v) is 7.42. The summed E-state index contributed by atoms with van der Waals surface area (Å²) in [5, 5.41) is 11.6. The smallest absolute Gasteiger partial charge is 0.431 e. The van der Waals surface area contributed by atoms with Crippen LogP contribution in [-0.4, -0.2) is 54.6 Å². The molecule has 0 fully saturated rings. The molecule has 1 aliphatic heterocycles. The highest BCUT2D eigenvalue weighted by Gasteiger charge is 2.16. The zero-order valence-electron chi connectivity index (χ0n) is 13.6. The molecule has 1 N–H and O–H groups in total. The highest BCUT2D eigenvalue weighted by Crippen LogP contribution is 2.08. The van der Waals surface area contributed by atoms with Gasteiger partial charge in [-0.15, -0.1) is 10.1 Å². The molecule has 0 bridgehead atoms. The van der Waals surface area contributed by atoms with Gasteiger partial charge in [-0.2, -0.15) is 0 Å². The van der Waals surface area contributed by atoms with Crippen LogP contribution in [0.3, 0.4) is 0 Å². The van der Waals surface area contributed by atoms with Crippen molar-refractivity contribution in [2.45, 2.75) is 26.4 Å². The molecule has 0 aliphatic carbocycles. The van der Waals surface area contributed by atoms with Crippen molar-refractivity contribution >= 4 is 12.1 Å². The van der Waals surface area contributed by atoms with Crippen LogP contribution in [0.25, 0.3) is 0 Å². The summed E-state index contributed by atoms with van der Waals surface area (Å²) in [6.07, 6.45) is 4.61. The van der Waals surface area contributed by atoms with Gasteiger partial charge in [0, 0.05) is 18.3 Å². The van der Waals surface area contributed by atoms with Crippen LogP contribution in [0.15, 0.2) is 23.9 Å². The van der Waals surface area contributed by atoms with Crippen molar-refractivity contribution < 1.29 is 29.0 Å². The molecule has 134 valence electrons. The third-order valence-electron chi connectivity index (χ3n) is 3.06. The molecule has 10 nitrogen and oxygen atoms in total. The molecule has 1 aliphatic rings. The lowest BCUT2D eigenvalue weighted by atomic mass is 10.2. The molecule has 1 rings (SSSR count). The summed E-state index contributed by atoms with van der Waals surface area (Å²) in [5.74, 6) is -0.376. The molecule has 0 aromatic rings. The molecule has 1 heterocycles. The third kappa shape index (κ3) is 7.47. The fraction of sp³-hybridized carbons (Fsp3) is 0.571. The Labute approximate surface area is 139 Å². The highest BCUT2D eigenvalue weighted by atomic mass is 16.9. The number of carbonyl (C=O) groups excluding carboxylic acids is 2. The van der Waals surface area contributed by atoms with Gasteiger partial charge in [0.1, 0.15) is 12.7 Å². The topological polar surface area (TPSA) is 120 Å². The van der Waals surface area contributed by atoms with Gasteiger partial charge in [-0.1, -0.05) is 13.0 Å². The number of ether oxygens (including phenoxy) is 2. The van der Waals surface area contributed by atoms with Gasteiger partial charge in [-0.25, -0.2) is 4.79 Å². The first-order valence-electron chi connectivity index (χ1n) is 7.42. The van der Waals surface area contributed by atoms with E-state index in [0.29, 0.717) is 12.0 Å². The minimum absolute atomic E-state index is 0.0125. The lowest BCUT2D eigenvalue weighted by Gasteiger charge is -2.23. The van der Waals surface area contributed by atoms with E-state index < -0.39 is 11.2 Å². The minimum Gasteiger partial charge on any atom is -0.431 e. The standard InChI is InChI=1S/C14H21N3O7/c1-3-11(2)24-14(19)22-10-16-7-4-5-12(9-16)13(18)15-6-8-23-17(20)21/h4-5,7,11H,3,6,8-10H2,1-2H3,(H,15,18)/t11-/m0/s1. The van der Waals surface area contributed by atoms with Crippen LogP contribution in [0.2, 0.25) is 0 Å². The van der Waals surface area contributed by atoms with E-state index >= 15 is 0 Å². The molecule has 0 saturated carbocycles. The lowest BCUT2D eigenvalue weighted by Crippen LogP contribution is -2.35. The number of nitrogens with one attached hydrogen (secondary N) is 1. The molecule has 1 atom stereocenters. The molecular weight excluding hydrogens is 322 g/mol. The third-order valence-corrected chi connectivity index (χ3v) is 3.06. The van der Waals surface area contributed by atoms with Gasteiger partial charge < -0.3 is 24.5 Å². The van der Waals surface area contributed by atoms with Crippen LogP contribution in [0.5, 0.6) is 0 Å². The monoisotopic (exact) mass is 343 g/mol. The second kappa shape index (κ2) is 10.1. The maximum Gasteiger partial charge on any atom is 0.510 e. The Morgan fingerprint density at radius 1 is 1.50 bits per heavy atom. The van der Waals surface area contributed by atoms with E-state index in [1.54, 1.807) is 30.2 Å². The van der Waals surface area contributed by atoms with Crippen LogP contribution >= 0.6 is 0 Å². The molecule has 0 unspecified atom stereocenters. The number of hydrogen-bond acceptors (Lipinski definition) is 8. The minimum atomic E-state index is -0.924. The van der Waals surface area contributed by atoms with Crippen molar-refractivity contribution in [3.8, 4) is 0 Å². The van der Waals surface area contributed by atoms with Crippen LogP contribution < -0.4 is 5.32 Å². The molecular formula is C14H21N3O7. The molecule has 0 spiro atoms. The number of rotatable bonds is 9. The van der Waals surface area contributed by atoms with Gasteiger partial charge in [-0.3, -0.25) is 4.79 Å². The van der Waals surface area contributed by atoms with Crippen LogP contribution in [-0.2, 0) is 19.1 Å². The van der Waals surface area contributed by atoms with Crippen molar-refractivity contribution in [3.05, 3.63) is 34.0 Å². The summed E-state index contributed by atoms with van der Waals surface area (Å²) in [7, 11) is 0. The van der Waals surface area contributed by atoms with E-state index in [-0.39, 0.29) is 38.4 Å². The fourth-order valence-electron chi connectivity index (χ4n) is 1.66. The van der Waals surface area contributed by atoms with Crippen LogP contribution in [0.4, 0.5) is 4.79 Å². The molecule has 1 amide bonds. The molecule has 0 saturated heterocycles. The first kappa shape index (κ1) is 19.3. The average molecular weight is 343 g/mol. The van der Waals surface area contributed by atoms with Gasteiger partial charge in [0.15, 0.2) is 6.73 Å². The van der Waals surface area contributed by atoms with E-state index in [0.717, 1.165) is 0 Å². The van der Waals surface area contributed by atoms with Crippen LogP contribution in [0.1, 0.15) is 20.3 Å². The van der Waals surface area contributed by atoms with Crippen LogP contribution in [0, 0.1) is 10.1 Å². The second-order valence-electron chi connectivity index (χ2n) is 4.95. The van der Waals surface area contributed by atoms with Crippen molar-refractivity contribution in [2.24, 2.45) is 0 Å². The number of hydrogen-bond donors (Lipinski definition) is 1. The van der Waals surface area contributed by atoms with Gasteiger partial charge in [0.05, 0.1) is 6.54 Å². The largest absolute Gasteiger partial charge is 0.510 e. The van der Waals surface area contributed by atoms with Crippen molar-refractivity contribution in [1.29, 1.82) is 0 Å². The average Bonchev–Trinajstić information content (AvgIpc) is 2.56. The molecule has 0 aromatic heterocycles. The summed E-state index contributed by atoms with van der Waals surface area (Å²) in [4.78, 5) is 39.1. The zero-order valence-corrected chi connectivity index (χ0v) is 13.6. The van der Waals surface area contributed by atoms with Crippen molar-refractivity contribution in [3.63, 3.8) is 0 Å². The van der Waals surface area contributed by atoms with Crippen molar-refractivity contribution in [1.82, 2.24) is 10.2 Å². The molecule has 24 heavy (non-hydrogen) atoms. The molecule has 0 radical (unpaired) electrons. The normalized spacial score (nSPS) is 14.4. The fourth-order valence-corrected chi connectivity index (χ4v) is 1.66. The van der Waals surface area contributed by atoms with E-state index in [2.05, 4.69) is 10.2 Å². The van der Waals surface area contributed by atoms with Gasteiger partial charge in [0.2, 0.25) is 5.91 Å². The Hall–Kier alpha value is -2.78. The van der Waals surface area contributed by atoms with Gasteiger partial charge in [0.25, 0.3) is 5.09 Å². The Morgan fingerprint density at radius 3 is 2.92 bits per heavy atom. The Balaban J connectivity index is 2.32. The predicted octanol–water partition coefficient (Wildman–Crippen LogP) is 0.976. The van der Waals surface area contributed by atoms with Crippen molar-refractivity contribution in [2.75, 3.05) is 26.4 Å². The summed E-state index contributed by atoms with van der Waals surface area (Å²) >= 11 is 0. The second-order valence-corrected chi connectivity index (χ2v) is 4.95. The SMILES string of the molecule is CC[C@H](C)OC(=O)OCN1C=CC=C(C(=O)NCCO[N+](=O)[O-])C1. The Morgan fingerprint density at radius 2 is 2.25 bits per heavy atom. The predicted molar refractivity (Wildman–Crippen MR) is 82.1 cm³/mol. The van der Waals surface area contributed by atoms with Gasteiger partial charge >= 0.3 is 6.16 Å². The first-order chi connectivity index (χ1) is 11.4. The lowest BCUT2D eigenvalue weighted by molar-refractivity contribution is -0.757. The summed E-state index contributed by atoms with van der Waals surface area (Å²) < 4.78 is 9.94. The number of carbonyl (C=O) groups is 2. The summed E-state index contributed by atoms with van der Waals surface area (Å²) in [6.45, 7) is 3.61. The van der Waals surface area contributed by atoms with E-state index in [4.69, 9.17) is 9.47 Å². The summed E-state index contributed by atoms with van der Waals surface area (Å²) in [6, 6.07) is 0. The quantitative estimate of drug-likeness (QED) is 0.285. The zero-order chi connectivity index (χ0) is 17.9. The maximum atomic E-state index is 11.9. The van der Waals surface area contributed by atoms with E-state index in [9.17, 15) is 19.7 Å². The Bertz CT molecular complexity index is 518. The van der Waals surface area contributed by atoms with E-state index in [1.165, 1.54) is 0 Å². The maximum absolute atomic E-state index is 11.9. The van der Waals surface area contributed by atoms with Gasteiger partial charge in [-0.05, 0) is 19.4 Å². The molecule has 10 heteroatoms. The number of amides is 1. The number of nitrogens with zero attached hydrogens (tertiary/aromatic N) is 2. The summed E-state index contributed by atoms with van der Waals surface area (Å²) in [5.41, 5.74) is 0.428. The highest BCUT2D eigenvalue weighted by molar-refractivity contribution is 5.94.